The van der Waals surface area contributed by atoms with Gasteiger partial charge < -0.3 is 15.3 Å². The summed E-state index contributed by atoms with van der Waals surface area (Å²) < 4.78 is 14.0. The van der Waals surface area contributed by atoms with Crippen LogP contribution in [0.4, 0.5) is 10.1 Å². The maximum atomic E-state index is 14.0. The van der Waals surface area contributed by atoms with Gasteiger partial charge >= 0.3 is 0 Å². The van der Waals surface area contributed by atoms with Crippen LogP contribution in [0.2, 0.25) is 0 Å². The van der Waals surface area contributed by atoms with E-state index in [0.29, 0.717) is 18.2 Å². The second-order valence-electron chi connectivity index (χ2n) is 5.94. The van der Waals surface area contributed by atoms with Gasteiger partial charge in [-0.2, -0.15) is 0 Å². The average Bonchev–Trinajstić information content (AvgIpc) is 2.39. The maximum absolute atomic E-state index is 14.0. The van der Waals surface area contributed by atoms with Gasteiger partial charge in [-0.25, -0.2) is 4.39 Å². The van der Waals surface area contributed by atoms with Gasteiger partial charge in [0.1, 0.15) is 5.82 Å². The number of nitrogens with zero attached hydrogens (tertiary/aromatic N) is 1. The molecule has 2 rings (SSSR count). The predicted octanol–water partition coefficient (Wildman–Crippen LogP) is 3.16. The van der Waals surface area contributed by atoms with Crippen molar-refractivity contribution < 1.29 is 9.50 Å². The van der Waals surface area contributed by atoms with Crippen molar-refractivity contribution in [2.45, 2.75) is 52.1 Å². The summed E-state index contributed by atoms with van der Waals surface area (Å²) in [6, 6.07) is 4.17. The minimum absolute atomic E-state index is 0.0985. The van der Waals surface area contributed by atoms with Crippen LogP contribution in [0, 0.1) is 12.7 Å². The average molecular weight is 294 g/mol. The second-order valence-corrected chi connectivity index (χ2v) is 5.94. The molecule has 1 aromatic rings. The van der Waals surface area contributed by atoms with Gasteiger partial charge in [0.25, 0.3) is 0 Å². The Kier molecular flexibility index (Phi) is 5.59. The maximum Gasteiger partial charge on any atom is 0.126 e. The van der Waals surface area contributed by atoms with E-state index in [4.69, 9.17) is 0 Å². The molecule has 2 N–H and O–H groups in total. The first kappa shape index (κ1) is 16.2. The minimum Gasteiger partial charge on any atom is -0.395 e. The van der Waals surface area contributed by atoms with Crippen molar-refractivity contribution in [3.8, 4) is 0 Å². The van der Waals surface area contributed by atoms with Gasteiger partial charge in [0.05, 0.1) is 6.61 Å². The summed E-state index contributed by atoms with van der Waals surface area (Å²) >= 11 is 0. The van der Waals surface area contributed by atoms with E-state index >= 15 is 0 Å². The second kappa shape index (κ2) is 7.23. The summed E-state index contributed by atoms with van der Waals surface area (Å²) in [5, 5.41) is 12.8. The highest BCUT2D eigenvalue weighted by Gasteiger charge is 2.27. The van der Waals surface area contributed by atoms with Gasteiger partial charge in [0.2, 0.25) is 0 Å². The molecule has 0 amide bonds. The lowest BCUT2D eigenvalue weighted by Gasteiger charge is -2.40. The fourth-order valence-electron chi connectivity index (χ4n) is 3.00. The predicted molar refractivity (Wildman–Crippen MR) is 85.3 cm³/mol. The van der Waals surface area contributed by atoms with E-state index < -0.39 is 0 Å². The third-order valence-corrected chi connectivity index (χ3v) is 4.45. The number of rotatable bonds is 7. The van der Waals surface area contributed by atoms with E-state index in [9.17, 15) is 9.50 Å². The molecule has 1 unspecified atom stereocenters. The Hall–Kier alpha value is -1.13. The van der Waals surface area contributed by atoms with E-state index in [1.807, 2.05) is 6.07 Å². The minimum atomic E-state index is -0.156. The zero-order chi connectivity index (χ0) is 15.4. The van der Waals surface area contributed by atoms with Gasteiger partial charge in [-0.15, -0.1) is 0 Å². The fourth-order valence-corrected chi connectivity index (χ4v) is 3.00. The van der Waals surface area contributed by atoms with Crippen molar-refractivity contribution in [3.05, 3.63) is 29.1 Å². The molecule has 0 heterocycles. The molecule has 0 radical (unpaired) electrons. The molecule has 4 heteroatoms. The van der Waals surface area contributed by atoms with Crippen LogP contribution in [0.1, 0.15) is 50.3 Å². The largest absolute Gasteiger partial charge is 0.395 e. The van der Waals surface area contributed by atoms with Crippen molar-refractivity contribution in [3.63, 3.8) is 0 Å². The fraction of sp³-hybridized carbons (Fsp3) is 0.647. The lowest BCUT2D eigenvalue weighted by Crippen LogP contribution is -2.43. The Morgan fingerprint density at radius 1 is 1.43 bits per heavy atom. The van der Waals surface area contributed by atoms with E-state index in [0.717, 1.165) is 30.6 Å². The number of hydrogen-bond donors (Lipinski definition) is 2. The molecule has 1 aliphatic carbocycles. The normalized spacial score (nSPS) is 16.6. The van der Waals surface area contributed by atoms with Crippen molar-refractivity contribution in [2.75, 3.05) is 24.6 Å². The van der Waals surface area contributed by atoms with Crippen LogP contribution < -0.4 is 10.2 Å². The molecule has 3 nitrogen and oxygen atoms in total. The Balaban J connectivity index is 2.40. The third kappa shape index (κ3) is 3.55. The highest BCUT2D eigenvalue weighted by atomic mass is 19.1. The number of anilines is 1. The molecule has 0 saturated heterocycles. The highest BCUT2D eigenvalue weighted by molar-refractivity contribution is 5.58. The molecule has 1 atom stereocenters. The first-order chi connectivity index (χ1) is 10.1. The van der Waals surface area contributed by atoms with Crippen LogP contribution in [0.25, 0.3) is 0 Å². The third-order valence-electron chi connectivity index (χ3n) is 4.45. The number of aliphatic hydroxyl groups excluding tert-OH is 1. The number of aliphatic hydroxyl groups is 1. The number of aryl methyl sites for hydroxylation is 1. The quantitative estimate of drug-likeness (QED) is 0.811. The lowest BCUT2D eigenvalue weighted by molar-refractivity contribution is 0.283. The monoisotopic (exact) mass is 294 g/mol. The van der Waals surface area contributed by atoms with Gasteiger partial charge in [-0.05, 0) is 62.9 Å². The van der Waals surface area contributed by atoms with Crippen LogP contribution >= 0.6 is 0 Å². The van der Waals surface area contributed by atoms with Gasteiger partial charge in [-0.3, -0.25) is 0 Å². The van der Waals surface area contributed by atoms with Gasteiger partial charge in [-0.1, -0.05) is 6.92 Å². The summed E-state index contributed by atoms with van der Waals surface area (Å²) in [6.07, 6.45) is 3.56. The molecular weight excluding hydrogens is 267 g/mol. The smallest absolute Gasteiger partial charge is 0.126 e. The zero-order valence-corrected chi connectivity index (χ0v) is 13.3. The Labute approximate surface area is 127 Å². The number of nitrogens with one attached hydrogen (secondary N) is 1. The van der Waals surface area contributed by atoms with E-state index in [1.54, 1.807) is 13.0 Å². The molecule has 0 aliphatic heterocycles. The SMILES string of the molecule is CCNC(C)c1cc(F)c(C)cc1N(CCO)C1CCC1. The molecule has 1 aromatic carbocycles. The molecule has 1 fully saturated rings. The highest BCUT2D eigenvalue weighted by Crippen LogP contribution is 2.35. The van der Waals surface area contributed by atoms with Crippen LogP contribution in [-0.2, 0) is 0 Å². The molecule has 21 heavy (non-hydrogen) atoms. The molecule has 0 bridgehead atoms. The van der Waals surface area contributed by atoms with E-state index in [-0.39, 0.29) is 18.5 Å². The Bertz CT molecular complexity index is 474. The standard InChI is InChI=1S/C17H27FN2O/c1-4-19-13(3)15-11-16(18)12(2)10-17(15)20(8-9-21)14-6-5-7-14/h10-11,13-14,19,21H,4-9H2,1-3H3. The first-order valence-corrected chi connectivity index (χ1v) is 7.99. The van der Waals surface area contributed by atoms with Crippen molar-refractivity contribution in [1.29, 1.82) is 0 Å². The summed E-state index contributed by atoms with van der Waals surface area (Å²) in [5.74, 6) is -0.156. The molecular formula is C17H27FN2O. The van der Waals surface area contributed by atoms with Crippen LogP contribution in [0.5, 0.6) is 0 Å². The Morgan fingerprint density at radius 3 is 2.67 bits per heavy atom. The van der Waals surface area contributed by atoms with E-state index in [1.165, 1.54) is 6.42 Å². The van der Waals surface area contributed by atoms with Gasteiger partial charge in [0, 0.05) is 24.3 Å². The lowest BCUT2D eigenvalue weighted by atomic mass is 9.89. The summed E-state index contributed by atoms with van der Waals surface area (Å²) in [7, 11) is 0. The van der Waals surface area contributed by atoms with Crippen LogP contribution in [0.15, 0.2) is 12.1 Å². The molecule has 118 valence electrons. The molecule has 1 aliphatic rings. The van der Waals surface area contributed by atoms with E-state index in [2.05, 4.69) is 24.1 Å². The van der Waals surface area contributed by atoms with Crippen LogP contribution in [0.3, 0.4) is 0 Å². The number of hydrogen-bond acceptors (Lipinski definition) is 3. The topological polar surface area (TPSA) is 35.5 Å². The summed E-state index contributed by atoms with van der Waals surface area (Å²) in [4.78, 5) is 2.26. The van der Waals surface area contributed by atoms with Crippen molar-refractivity contribution in [2.24, 2.45) is 0 Å². The van der Waals surface area contributed by atoms with Crippen LogP contribution in [-0.4, -0.2) is 30.8 Å². The van der Waals surface area contributed by atoms with Gasteiger partial charge in [0.15, 0.2) is 0 Å². The first-order valence-electron chi connectivity index (χ1n) is 7.99. The summed E-state index contributed by atoms with van der Waals surface area (Å²) in [6.45, 7) is 7.51. The Morgan fingerprint density at radius 2 is 2.14 bits per heavy atom. The van der Waals surface area contributed by atoms with Crippen molar-refractivity contribution >= 4 is 5.69 Å². The number of benzene rings is 1. The molecule has 0 aromatic heterocycles. The summed E-state index contributed by atoms with van der Waals surface area (Å²) in [5.41, 5.74) is 2.72. The molecule has 1 saturated carbocycles. The number of halogens is 1. The molecule has 0 spiro atoms. The van der Waals surface area contributed by atoms with Crippen molar-refractivity contribution in [1.82, 2.24) is 5.32 Å². The zero-order valence-electron chi connectivity index (χ0n) is 13.3.